The van der Waals surface area contributed by atoms with Gasteiger partial charge in [-0.1, -0.05) is 6.92 Å². The minimum Gasteiger partial charge on any atom is -0.377 e. The molecule has 0 heterocycles. The number of likely N-dealkylation sites (N-methyl/N-ethyl adjacent to an activating group) is 1. The van der Waals surface area contributed by atoms with Gasteiger partial charge in [0.1, 0.15) is 0 Å². The van der Waals surface area contributed by atoms with Crippen LogP contribution in [0.5, 0.6) is 0 Å². The predicted molar refractivity (Wildman–Crippen MR) is 70.9 cm³/mol. The summed E-state index contributed by atoms with van der Waals surface area (Å²) in [4.78, 5) is 2.36. The molecule has 0 saturated heterocycles. The third-order valence-corrected chi connectivity index (χ3v) is 3.03. The highest BCUT2D eigenvalue weighted by atomic mass is 16.5. The first-order valence-electron chi connectivity index (χ1n) is 6.54. The summed E-state index contributed by atoms with van der Waals surface area (Å²) in [6, 6.07) is 1.08. The lowest BCUT2D eigenvalue weighted by molar-refractivity contribution is 0.0542. The summed E-state index contributed by atoms with van der Waals surface area (Å²) < 4.78 is 5.56. The Balaban J connectivity index is 3.74. The standard InChI is InChI=1S/C13H30N2O/c1-7-8-14-12(4)13(5)15(6)9-10-16-11(2)3/h11-14H,7-10H2,1-6H3. The summed E-state index contributed by atoms with van der Waals surface area (Å²) in [5.74, 6) is 0. The van der Waals surface area contributed by atoms with Crippen molar-refractivity contribution in [3.05, 3.63) is 0 Å². The number of rotatable bonds is 9. The Hall–Kier alpha value is -0.120. The van der Waals surface area contributed by atoms with Crippen LogP contribution < -0.4 is 5.32 Å². The van der Waals surface area contributed by atoms with E-state index >= 15 is 0 Å². The van der Waals surface area contributed by atoms with Crippen LogP contribution in [0, 0.1) is 0 Å². The van der Waals surface area contributed by atoms with E-state index in [1.165, 1.54) is 6.42 Å². The number of nitrogens with zero attached hydrogens (tertiary/aromatic N) is 1. The molecule has 3 nitrogen and oxygen atoms in total. The zero-order chi connectivity index (χ0) is 12.6. The summed E-state index contributed by atoms with van der Waals surface area (Å²) in [6.07, 6.45) is 1.52. The van der Waals surface area contributed by atoms with Gasteiger partial charge < -0.3 is 10.1 Å². The zero-order valence-corrected chi connectivity index (χ0v) is 11.9. The first kappa shape index (κ1) is 15.9. The number of hydrogen-bond acceptors (Lipinski definition) is 3. The summed E-state index contributed by atoms with van der Waals surface area (Å²) in [5, 5.41) is 3.53. The summed E-state index contributed by atoms with van der Waals surface area (Å²) in [7, 11) is 2.17. The van der Waals surface area contributed by atoms with E-state index in [0.29, 0.717) is 18.2 Å². The van der Waals surface area contributed by atoms with E-state index < -0.39 is 0 Å². The Morgan fingerprint density at radius 2 is 1.81 bits per heavy atom. The van der Waals surface area contributed by atoms with Crippen LogP contribution >= 0.6 is 0 Å². The molecule has 0 aromatic carbocycles. The van der Waals surface area contributed by atoms with Gasteiger partial charge in [-0.2, -0.15) is 0 Å². The number of hydrogen-bond donors (Lipinski definition) is 1. The fraction of sp³-hybridized carbons (Fsp3) is 1.00. The van der Waals surface area contributed by atoms with Gasteiger partial charge in [0, 0.05) is 18.6 Å². The Morgan fingerprint density at radius 1 is 1.19 bits per heavy atom. The molecule has 0 radical (unpaired) electrons. The third kappa shape index (κ3) is 7.20. The lowest BCUT2D eigenvalue weighted by Gasteiger charge is -2.30. The monoisotopic (exact) mass is 230 g/mol. The minimum absolute atomic E-state index is 0.333. The van der Waals surface area contributed by atoms with Crippen LogP contribution in [0.4, 0.5) is 0 Å². The summed E-state index contributed by atoms with van der Waals surface area (Å²) in [5.41, 5.74) is 0. The van der Waals surface area contributed by atoms with E-state index in [2.05, 4.69) is 51.9 Å². The molecule has 2 unspecified atom stereocenters. The third-order valence-electron chi connectivity index (χ3n) is 3.03. The van der Waals surface area contributed by atoms with Crippen LogP contribution in [0.2, 0.25) is 0 Å². The SMILES string of the molecule is CCCNC(C)C(C)N(C)CCOC(C)C. The van der Waals surface area contributed by atoms with Crippen molar-refractivity contribution in [1.82, 2.24) is 10.2 Å². The highest BCUT2D eigenvalue weighted by Gasteiger charge is 2.15. The Bertz CT molecular complexity index is 162. The van der Waals surface area contributed by atoms with Gasteiger partial charge in [-0.05, 0) is 47.7 Å². The van der Waals surface area contributed by atoms with Crippen LogP contribution in [0.3, 0.4) is 0 Å². The van der Waals surface area contributed by atoms with Crippen molar-refractivity contribution in [1.29, 1.82) is 0 Å². The Kier molecular flexibility index (Phi) is 8.90. The van der Waals surface area contributed by atoms with Crippen molar-refractivity contribution in [3.8, 4) is 0 Å². The second-order valence-corrected chi connectivity index (χ2v) is 4.88. The molecule has 98 valence electrons. The van der Waals surface area contributed by atoms with Crippen molar-refractivity contribution in [2.45, 2.75) is 59.2 Å². The number of nitrogens with one attached hydrogen (secondary N) is 1. The Morgan fingerprint density at radius 3 is 2.31 bits per heavy atom. The molecule has 0 aliphatic heterocycles. The van der Waals surface area contributed by atoms with Crippen LogP contribution in [0.15, 0.2) is 0 Å². The molecule has 0 amide bonds. The van der Waals surface area contributed by atoms with E-state index in [9.17, 15) is 0 Å². The van der Waals surface area contributed by atoms with Gasteiger partial charge >= 0.3 is 0 Å². The second kappa shape index (κ2) is 8.97. The first-order chi connectivity index (χ1) is 7.49. The van der Waals surface area contributed by atoms with Crippen molar-refractivity contribution in [2.75, 3.05) is 26.7 Å². The van der Waals surface area contributed by atoms with E-state index in [4.69, 9.17) is 4.74 Å². The molecule has 3 heteroatoms. The maximum atomic E-state index is 5.56. The van der Waals surface area contributed by atoms with Crippen LogP contribution in [0.25, 0.3) is 0 Å². The minimum atomic E-state index is 0.333. The maximum absolute atomic E-state index is 5.56. The van der Waals surface area contributed by atoms with Gasteiger partial charge in [-0.3, -0.25) is 4.90 Å². The molecule has 0 aliphatic carbocycles. The second-order valence-electron chi connectivity index (χ2n) is 4.88. The van der Waals surface area contributed by atoms with E-state index in [1.807, 2.05) is 0 Å². The molecule has 1 N–H and O–H groups in total. The van der Waals surface area contributed by atoms with E-state index in [1.54, 1.807) is 0 Å². The molecule has 0 aliphatic rings. The van der Waals surface area contributed by atoms with Gasteiger partial charge in [-0.25, -0.2) is 0 Å². The highest BCUT2D eigenvalue weighted by molar-refractivity contribution is 4.75. The van der Waals surface area contributed by atoms with Crippen molar-refractivity contribution < 1.29 is 4.74 Å². The first-order valence-corrected chi connectivity index (χ1v) is 6.54. The average molecular weight is 230 g/mol. The molecule has 0 fully saturated rings. The van der Waals surface area contributed by atoms with Crippen molar-refractivity contribution in [2.24, 2.45) is 0 Å². The lowest BCUT2D eigenvalue weighted by Crippen LogP contribution is -2.46. The highest BCUT2D eigenvalue weighted by Crippen LogP contribution is 2.02. The van der Waals surface area contributed by atoms with Gasteiger partial charge in [0.05, 0.1) is 12.7 Å². The van der Waals surface area contributed by atoms with Crippen molar-refractivity contribution in [3.63, 3.8) is 0 Å². The quantitative estimate of drug-likeness (QED) is 0.656. The topological polar surface area (TPSA) is 24.5 Å². The van der Waals surface area contributed by atoms with Crippen LogP contribution in [0.1, 0.15) is 41.0 Å². The molecule has 0 aromatic rings. The van der Waals surface area contributed by atoms with Crippen LogP contribution in [-0.4, -0.2) is 49.8 Å². The normalized spacial score (nSPS) is 15.8. The molecular weight excluding hydrogens is 200 g/mol. The fourth-order valence-electron chi connectivity index (χ4n) is 1.56. The molecule has 0 aromatic heterocycles. The molecule has 0 rings (SSSR count). The van der Waals surface area contributed by atoms with E-state index in [0.717, 1.165) is 19.7 Å². The number of ether oxygens (including phenoxy) is 1. The smallest absolute Gasteiger partial charge is 0.0596 e. The molecule has 16 heavy (non-hydrogen) atoms. The molecule has 2 atom stereocenters. The fourth-order valence-corrected chi connectivity index (χ4v) is 1.56. The molecular formula is C13H30N2O. The van der Waals surface area contributed by atoms with Crippen LogP contribution in [-0.2, 0) is 4.74 Å². The van der Waals surface area contributed by atoms with Gasteiger partial charge in [-0.15, -0.1) is 0 Å². The largest absolute Gasteiger partial charge is 0.377 e. The van der Waals surface area contributed by atoms with E-state index in [-0.39, 0.29) is 0 Å². The Labute approximate surface area is 102 Å². The maximum Gasteiger partial charge on any atom is 0.0596 e. The summed E-state index contributed by atoms with van der Waals surface area (Å²) >= 11 is 0. The van der Waals surface area contributed by atoms with Crippen molar-refractivity contribution >= 4 is 0 Å². The summed E-state index contributed by atoms with van der Waals surface area (Å²) in [6.45, 7) is 13.8. The van der Waals surface area contributed by atoms with Gasteiger partial charge in [0.15, 0.2) is 0 Å². The van der Waals surface area contributed by atoms with Gasteiger partial charge in [0.25, 0.3) is 0 Å². The lowest BCUT2D eigenvalue weighted by atomic mass is 10.1. The predicted octanol–water partition coefficient (Wildman–Crippen LogP) is 2.12. The average Bonchev–Trinajstić information content (AvgIpc) is 2.24. The zero-order valence-electron chi connectivity index (χ0n) is 11.9. The molecule has 0 bridgehead atoms. The molecule has 0 saturated carbocycles. The molecule has 0 spiro atoms. The van der Waals surface area contributed by atoms with Gasteiger partial charge in [0.2, 0.25) is 0 Å².